The maximum atomic E-state index is 12.2. The lowest BCUT2D eigenvalue weighted by Crippen LogP contribution is -2.55. The van der Waals surface area contributed by atoms with E-state index in [9.17, 15) is 9.59 Å². The Hall–Kier alpha value is -1.90. The number of likely N-dealkylation sites (tertiary alicyclic amines) is 1. The van der Waals surface area contributed by atoms with Crippen LogP contribution in [0.25, 0.3) is 0 Å². The number of urea groups is 1. The van der Waals surface area contributed by atoms with Gasteiger partial charge in [0, 0.05) is 19.1 Å². The maximum absolute atomic E-state index is 12.2. The average Bonchev–Trinajstić information content (AvgIpc) is 2.56. The molecule has 0 aromatic carbocycles. The Bertz CT molecular complexity index is 458. The van der Waals surface area contributed by atoms with Gasteiger partial charge >= 0.3 is 12.1 Å². The van der Waals surface area contributed by atoms with Gasteiger partial charge in [-0.15, -0.1) is 6.42 Å². The first-order chi connectivity index (χ1) is 11.1. The molecule has 23 heavy (non-hydrogen) atoms. The van der Waals surface area contributed by atoms with Gasteiger partial charge in [-0.25, -0.2) is 9.59 Å². The standard InChI is InChI=1S/C17H27N3O3/c1-3-17(10-6-5-7-11-17)19-15(21)18-14-8-12-20(13-9-14)16(22)23-4-2/h1,14H,4-13H2,2H3,(H2,18,19,21). The van der Waals surface area contributed by atoms with Gasteiger partial charge in [0.05, 0.1) is 6.61 Å². The molecule has 1 heterocycles. The van der Waals surface area contributed by atoms with Gasteiger partial charge in [0.15, 0.2) is 0 Å². The zero-order chi connectivity index (χ0) is 16.7. The van der Waals surface area contributed by atoms with E-state index in [-0.39, 0.29) is 18.2 Å². The smallest absolute Gasteiger partial charge is 0.409 e. The summed E-state index contributed by atoms with van der Waals surface area (Å²) in [5, 5.41) is 5.98. The third kappa shape index (κ3) is 4.78. The lowest BCUT2D eigenvalue weighted by Gasteiger charge is -2.35. The largest absolute Gasteiger partial charge is 0.450 e. The summed E-state index contributed by atoms with van der Waals surface area (Å²) in [5.74, 6) is 2.78. The zero-order valence-corrected chi connectivity index (χ0v) is 13.9. The van der Waals surface area contributed by atoms with Crippen LogP contribution in [-0.4, -0.2) is 48.3 Å². The summed E-state index contributed by atoms with van der Waals surface area (Å²) < 4.78 is 4.99. The number of rotatable bonds is 3. The summed E-state index contributed by atoms with van der Waals surface area (Å²) in [5.41, 5.74) is -0.492. The molecular formula is C17H27N3O3. The van der Waals surface area contributed by atoms with Crippen LogP contribution in [0.2, 0.25) is 0 Å². The molecule has 2 fully saturated rings. The SMILES string of the molecule is C#CC1(NC(=O)NC2CCN(C(=O)OCC)CC2)CCCCC1. The summed E-state index contributed by atoms with van der Waals surface area (Å²) in [6, 6.07) is -0.126. The van der Waals surface area contributed by atoms with E-state index in [1.54, 1.807) is 11.8 Å². The minimum Gasteiger partial charge on any atom is -0.450 e. The number of carbonyl (C=O) groups excluding carboxylic acids is 2. The Balaban J connectivity index is 1.76. The van der Waals surface area contributed by atoms with Crippen molar-refractivity contribution in [2.24, 2.45) is 0 Å². The predicted molar refractivity (Wildman–Crippen MR) is 87.9 cm³/mol. The molecule has 0 bridgehead atoms. The summed E-state index contributed by atoms with van der Waals surface area (Å²) in [6.45, 7) is 3.38. The van der Waals surface area contributed by atoms with E-state index in [2.05, 4.69) is 16.6 Å². The third-order valence-corrected chi connectivity index (χ3v) is 4.69. The molecule has 6 heteroatoms. The second kappa shape index (κ2) is 8.09. The minimum atomic E-state index is -0.492. The molecule has 0 unspecified atom stereocenters. The number of hydrogen-bond donors (Lipinski definition) is 2. The van der Waals surface area contributed by atoms with E-state index in [1.807, 2.05) is 0 Å². The fourth-order valence-electron chi connectivity index (χ4n) is 3.32. The highest BCUT2D eigenvalue weighted by molar-refractivity contribution is 5.76. The Kier molecular flexibility index (Phi) is 6.14. The highest BCUT2D eigenvalue weighted by Crippen LogP contribution is 2.27. The van der Waals surface area contributed by atoms with Crippen molar-refractivity contribution in [1.82, 2.24) is 15.5 Å². The van der Waals surface area contributed by atoms with Crippen LogP contribution >= 0.6 is 0 Å². The Morgan fingerprint density at radius 1 is 1.26 bits per heavy atom. The van der Waals surface area contributed by atoms with E-state index in [1.165, 1.54) is 6.42 Å². The van der Waals surface area contributed by atoms with Crippen molar-refractivity contribution in [1.29, 1.82) is 0 Å². The van der Waals surface area contributed by atoms with Gasteiger partial charge in [0.25, 0.3) is 0 Å². The van der Waals surface area contributed by atoms with Crippen molar-refractivity contribution in [3.63, 3.8) is 0 Å². The topological polar surface area (TPSA) is 70.7 Å². The fraction of sp³-hybridized carbons (Fsp3) is 0.765. The third-order valence-electron chi connectivity index (χ3n) is 4.69. The molecule has 3 amide bonds. The number of hydrogen-bond acceptors (Lipinski definition) is 3. The van der Waals surface area contributed by atoms with Gasteiger partial charge in [-0.1, -0.05) is 25.2 Å². The van der Waals surface area contributed by atoms with Crippen molar-refractivity contribution >= 4 is 12.1 Å². The van der Waals surface area contributed by atoms with E-state index in [4.69, 9.17) is 11.2 Å². The van der Waals surface area contributed by atoms with Crippen molar-refractivity contribution in [3.05, 3.63) is 0 Å². The van der Waals surface area contributed by atoms with Gasteiger partial charge < -0.3 is 20.3 Å². The lowest BCUT2D eigenvalue weighted by molar-refractivity contribution is 0.0956. The first-order valence-electron chi connectivity index (χ1n) is 8.57. The molecule has 0 aromatic heterocycles. The van der Waals surface area contributed by atoms with Crippen molar-refractivity contribution in [3.8, 4) is 12.3 Å². The first-order valence-corrected chi connectivity index (χ1v) is 8.57. The molecule has 6 nitrogen and oxygen atoms in total. The molecule has 1 aliphatic carbocycles. The van der Waals surface area contributed by atoms with Crippen LogP contribution in [-0.2, 0) is 4.74 Å². The van der Waals surface area contributed by atoms with Gasteiger partial charge in [0.1, 0.15) is 5.54 Å². The normalized spacial score (nSPS) is 21.1. The molecule has 128 valence electrons. The van der Waals surface area contributed by atoms with Crippen LogP contribution in [0.4, 0.5) is 9.59 Å². The molecule has 0 radical (unpaired) electrons. The molecule has 1 aliphatic heterocycles. The summed E-state index contributed by atoms with van der Waals surface area (Å²) in [7, 11) is 0. The van der Waals surface area contributed by atoms with E-state index in [0.717, 1.165) is 38.5 Å². The number of carbonyl (C=O) groups is 2. The Morgan fingerprint density at radius 3 is 2.48 bits per heavy atom. The summed E-state index contributed by atoms with van der Waals surface area (Å²) in [4.78, 5) is 25.6. The van der Waals surface area contributed by atoms with E-state index < -0.39 is 5.54 Å². The molecule has 2 N–H and O–H groups in total. The molecule has 0 spiro atoms. The predicted octanol–water partition coefficient (Wildman–Crippen LogP) is 2.24. The minimum absolute atomic E-state index is 0.0686. The van der Waals surface area contributed by atoms with E-state index >= 15 is 0 Å². The van der Waals surface area contributed by atoms with Gasteiger partial charge in [-0.05, 0) is 32.6 Å². The van der Waals surface area contributed by atoms with Crippen LogP contribution < -0.4 is 10.6 Å². The summed E-state index contributed by atoms with van der Waals surface area (Å²) >= 11 is 0. The van der Waals surface area contributed by atoms with Crippen LogP contribution in [0, 0.1) is 12.3 Å². The first kappa shape index (κ1) is 17.5. The monoisotopic (exact) mass is 321 g/mol. The number of terminal acetylenes is 1. The number of nitrogens with one attached hydrogen (secondary N) is 2. The van der Waals surface area contributed by atoms with Crippen molar-refractivity contribution in [2.45, 2.75) is 63.5 Å². The molecule has 2 rings (SSSR count). The van der Waals surface area contributed by atoms with E-state index in [0.29, 0.717) is 19.7 Å². The maximum Gasteiger partial charge on any atom is 0.409 e. The number of amides is 3. The van der Waals surface area contributed by atoms with Gasteiger partial charge in [0.2, 0.25) is 0 Å². The van der Waals surface area contributed by atoms with Crippen molar-refractivity contribution < 1.29 is 14.3 Å². The number of nitrogens with zero attached hydrogens (tertiary/aromatic N) is 1. The zero-order valence-electron chi connectivity index (χ0n) is 13.9. The number of piperidine rings is 1. The molecule has 2 aliphatic rings. The van der Waals surface area contributed by atoms with Crippen LogP contribution in [0.5, 0.6) is 0 Å². The van der Waals surface area contributed by atoms with Gasteiger partial charge in [-0.3, -0.25) is 0 Å². The highest BCUT2D eigenvalue weighted by atomic mass is 16.6. The van der Waals surface area contributed by atoms with Crippen LogP contribution in [0.1, 0.15) is 51.9 Å². The second-order valence-electron chi connectivity index (χ2n) is 6.35. The highest BCUT2D eigenvalue weighted by Gasteiger charge is 2.32. The van der Waals surface area contributed by atoms with Crippen LogP contribution in [0.3, 0.4) is 0 Å². The summed E-state index contributed by atoms with van der Waals surface area (Å²) in [6.07, 6.45) is 11.8. The molecule has 0 aromatic rings. The fourth-order valence-corrected chi connectivity index (χ4v) is 3.32. The molecular weight excluding hydrogens is 294 g/mol. The quantitative estimate of drug-likeness (QED) is 0.783. The Labute approximate surface area is 138 Å². The second-order valence-corrected chi connectivity index (χ2v) is 6.35. The molecule has 0 atom stereocenters. The number of ether oxygens (including phenoxy) is 1. The van der Waals surface area contributed by atoms with Gasteiger partial charge in [-0.2, -0.15) is 0 Å². The molecule has 1 saturated carbocycles. The lowest BCUT2D eigenvalue weighted by atomic mass is 9.82. The Morgan fingerprint density at radius 2 is 1.91 bits per heavy atom. The molecule has 1 saturated heterocycles. The van der Waals surface area contributed by atoms with Crippen LogP contribution in [0.15, 0.2) is 0 Å². The average molecular weight is 321 g/mol. The van der Waals surface area contributed by atoms with Crippen molar-refractivity contribution in [2.75, 3.05) is 19.7 Å².